The van der Waals surface area contributed by atoms with Gasteiger partial charge < -0.3 is 10.6 Å². The Labute approximate surface area is 107 Å². The van der Waals surface area contributed by atoms with Crippen LogP contribution in [0.5, 0.6) is 0 Å². The minimum atomic E-state index is 0.258. The number of hydrogen-bond acceptors (Lipinski definition) is 4. The SMILES string of the molecule is CCCC1CCCCN1c1cc(Cl)nc(N)n1. The second kappa shape index (κ2) is 5.54. The maximum Gasteiger partial charge on any atom is 0.223 e. The van der Waals surface area contributed by atoms with E-state index >= 15 is 0 Å². The van der Waals surface area contributed by atoms with Crippen molar-refractivity contribution in [2.24, 2.45) is 0 Å². The van der Waals surface area contributed by atoms with Crippen LogP contribution >= 0.6 is 11.6 Å². The van der Waals surface area contributed by atoms with Gasteiger partial charge in [0.1, 0.15) is 11.0 Å². The second-order valence-electron chi connectivity index (χ2n) is 4.54. The van der Waals surface area contributed by atoms with E-state index in [4.69, 9.17) is 17.3 Å². The summed E-state index contributed by atoms with van der Waals surface area (Å²) in [5.74, 6) is 1.13. The van der Waals surface area contributed by atoms with Gasteiger partial charge in [0.2, 0.25) is 5.95 Å². The molecule has 2 heterocycles. The lowest BCUT2D eigenvalue weighted by Crippen LogP contribution is -2.40. The molecule has 2 N–H and O–H groups in total. The Bertz CT molecular complexity index is 361. The zero-order valence-electron chi connectivity index (χ0n) is 10.2. The largest absolute Gasteiger partial charge is 0.368 e. The molecule has 0 bridgehead atoms. The molecule has 1 aromatic rings. The highest BCUT2D eigenvalue weighted by Gasteiger charge is 2.23. The lowest BCUT2D eigenvalue weighted by molar-refractivity contribution is 0.432. The highest BCUT2D eigenvalue weighted by atomic mass is 35.5. The summed E-state index contributed by atoms with van der Waals surface area (Å²) in [5.41, 5.74) is 5.65. The van der Waals surface area contributed by atoms with Crippen LogP contribution in [0.4, 0.5) is 11.8 Å². The van der Waals surface area contributed by atoms with Gasteiger partial charge in [-0.05, 0) is 25.7 Å². The van der Waals surface area contributed by atoms with Crippen LogP contribution in [-0.2, 0) is 0 Å². The van der Waals surface area contributed by atoms with Crippen molar-refractivity contribution >= 4 is 23.4 Å². The van der Waals surface area contributed by atoms with Crippen molar-refractivity contribution in [3.8, 4) is 0 Å². The van der Waals surface area contributed by atoms with E-state index in [1.165, 1.54) is 32.1 Å². The molecule has 94 valence electrons. The van der Waals surface area contributed by atoms with Crippen molar-refractivity contribution in [3.05, 3.63) is 11.2 Å². The molecule has 0 amide bonds. The molecule has 2 rings (SSSR count). The van der Waals surface area contributed by atoms with E-state index in [1.807, 2.05) is 6.07 Å². The molecule has 1 fully saturated rings. The van der Waals surface area contributed by atoms with Gasteiger partial charge in [-0.2, -0.15) is 4.98 Å². The Morgan fingerprint density at radius 2 is 2.29 bits per heavy atom. The first-order valence-corrected chi connectivity index (χ1v) is 6.65. The fraction of sp³-hybridized carbons (Fsp3) is 0.667. The smallest absolute Gasteiger partial charge is 0.223 e. The van der Waals surface area contributed by atoms with E-state index in [9.17, 15) is 0 Å². The van der Waals surface area contributed by atoms with E-state index < -0.39 is 0 Å². The Hall–Kier alpha value is -1.03. The van der Waals surface area contributed by atoms with Crippen LogP contribution in [0.15, 0.2) is 6.07 Å². The predicted molar refractivity (Wildman–Crippen MR) is 71.3 cm³/mol. The summed E-state index contributed by atoms with van der Waals surface area (Å²) in [4.78, 5) is 10.5. The molecule has 1 unspecified atom stereocenters. The van der Waals surface area contributed by atoms with Gasteiger partial charge in [-0.3, -0.25) is 0 Å². The Balaban J connectivity index is 2.22. The van der Waals surface area contributed by atoms with Crippen LogP contribution < -0.4 is 10.6 Å². The van der Waals surface area contributed by atoms with E-state index in [0.29, 0.717) is 11.2 Å². The summed E-state index contributed by atoms with van der Waals surface area (Å²) in [5, 5.41) is 0.424. The first kappa shape index (κ1) is 12.4. The van der Waals surface area contributed by atoms with Gasteiger partial charge in [-0.15, -0.1) is 0 Å². The van der Waals surface area contributed by atoms with Gasteiger partial charge in [0, 0.05) is 18.7 Å². The highest BCUT2D eigenvalue weighted by molar-refractivity contribution is 6.29. The number of rotatable bonds is 3. The van der Waals surface area contributed by atoms with Gasteiger partial charge in [0.25, 0.3) is 0 Å². The first-order chi connectivity index (χ1) is 8.20. The fourth-order valence-corrected chi connectivity index (χ4v) is 2.69. The van der Waals surface area contributed by atoms with Crippen molar-refractivity contribution in [3.63, 3.8) is 0 Å². The fourth-order valence-electron chi connectivity index (χ4n) is 2.51. The summed E-state index contributed by atoms with van der Waals surface area (Å²) >= 11 is 5.94. The van der Waals surface area contributed by atoms with Crippen LogP contribution in [-0.4, -0.2) is 22.6 Å². The van der Waals surface area contributed by atoms with Crippen molar-refractivity contribution in [1.82, 2.24) is 9.97 Å². The summed E-state index contributed by atoms with van der Waals surface area (Å²) in [6, 6.07) is 2.38. The van der Waals surface area contributed by atoms with Gasteiger partial charge in [-0.1, -0.05) is 24.9 Å². The molecular weight excluding hydrogens is 236 g/mol. The molecule has 17 heavy (non-hydrogen) atoms. The number of anilines is 2. The number of nitrogens with zero attached hydrogens (tertiary/aromatic N) is 3. The lowest BCUT2D eigenvalue weighted by atomic mass is 9.98. The highest BCUT2D eigenvalue weighted by Crippen LogP contribution is 2.27. The Morgan fingerprint density at radius 3 is 3.00 bits per heavy atom. The van der Waals surface area contributed by atoms with Gasteiger partial charge in [0.05, 0.1) is 0 Å². The molecule has 1 aliphatic heterocycles. The maximum absolute atomic E-state index is 5.94. The van der Waals surface area contributed by atoms with Crippen molar-refractivity contribution in [2.75, 3.05) is 17.2 Å². The minimum absolute atomic E-state index is 0.258. The van der Waals surface area contributed by atoms with E-state index in [2.05, 4.69) is 21.8 Å². The third-order valence-electron chi connectivity index (χ3n) is 3.24. The summed E-state index contributed by atoms with van der Waals surface area (Å²) in [6.45, 7) is 3.26. The Morgan fingerprint density at radius 1 is 1.47 bits per heavy atom. The van der Waals surface area contributed by atoms with Crippen LogP contribution in [0.1, 0.15) is 39.0 Å². The standard InChI is InChI=1S/C12H19ClN4/c1-2-5-9-6-3-4-7-17(9)11-8-10(13)15-12(14)16-11/h8-9H,2-7H2,1H3,(H2,14,15,16). The molecule has 0 radical (unpaired) electrons. The third kappa shape index (κ3) is 3.00. The molecule has 1 saturated heterocycles. The molecule has 0 aromatic carbocycles. The van der Waals surface area contributed by atoms with E-state index in [0.717, 1.165) is 12.4 Å². The predicted octanol–water partition coefficient (Wildman–Crippen LogP) is 2.87. The normalized spacial score (nSPS) is 20.6. The molecular formula is C12H19ClN4. The van der Waals surface area contributed by atoms with E-state index in [-0.39, 0.29) is 5.95 Å². The third-order valence-corrected chi connectivity index (χ3v) is 3.44. The van der Waals surface area contributed by atoms with Crippen LogP contribution in [0, 0.1) is 0 Å². The van der Waals surface area contributed by atoms with Gasteiger partial charge in [0.15, 0.2) is 0 Å². The van der Waals surface area contributed by atoms with E-state index in [1.54, 1.807) is 0 Å². The second-order valence-corrected chi connectivity index (χ2v) is 4.93. The first-order valence-electron chi connectivity index (χ1n) is 6.27. The molecule has 0 saturated carbocycles. The number of nitrogen functional groups attached to an aromatic ring is 1. The molecule has 1 aliphatic rings. The number of halogens is 1. The van der Waals surface area contributed by atoms with Crippen molar-refractivity contribution in [1.29, 1.82) is 0 Å². The quantitative estimate of drug-likeness (QED) is 0.843. The van der Waals surface area contributed by atoms with Crippen LogP contribution in [0.3, 0.4) is 0 Å². The summed E-state index contributed by atoms with van der Waals surface area (Å²) in [7, 11) is 0. The number of aromatic nitrogens is 2. The molecule has 1 aromatic heterocycles. The lowest BCUT2D eigenvalue weighted by Gasteiger charge is -2.36. The number of piperidine rings is 1. The van der Waals surface area contributed by atoms with Crippen molar-refractivity contribution in [2.45, 2.75) is 45.1 Å². The topological polar surface area (TPSA) is 55.0 Å². The van der Waals surface area contributed by atoms with Gasteiger partial charge in [-0.25, -0.2) is 4.98 Å². The molecule has 0 spiro atoms. The van der Waals surface area contributed by atoms with Crippen LogP contribution in [0.25, 0.3) is 0 Å². The number of nitrogens with two attached hydrogens (primary N) is 1. The Kier molecular flexibility index (Phi) is 4.05. The van der Waals surface area contributed by atoms with Crippen molar-refractivity contribution < 1.29 is 0 Å². The monoisotopic (exact) mass is 254 g/mol. The average Bonchev–Trinajstić information content (AvgIpc) is 2.29. The minimum Gasteiger partial charge on any atom is -0.368 e. The molecule has 5 heteroatoms. The summed E-state index contributed by atoms with van der Waals surface area (Å²) < 4.78 is 0. The maximum atomic E-state index is 5.94. The van der Waals surface area contributed by atoms with Gasteiger partial charge >= 0.3 is 0 Å². The molecule has 0 aliphatic carbocycles. The zero-order chi connectivity index (χ0) is 12.3. The molecule has 1 atom stereocenters. The van der Waals surface area contributed by atoms with Crippen LogP contribution in [0.2, 0.25) is 5.15 Å². The number of hydrogen-bond donors (Lipinski definition) is 1. The zero-order valence-corrected chi connectivity index (χ0v) is 11.0. The average molecular weight is 255 g/mol. The summed E-state index contributed by atoms with van der Waals surface area (Å²) in [6.07, 6.45) is 6.13. The molecule has 4 nitrogen and oxygen atoms in total.